The fraction of sp³-hybridized carbons (Fsp3) is 0.278. The van der Waals surface area contributed by atoms with Gasteiger partial charge in [0.2, 0.25) is 5.91 Å². The highest BCUT2D eigenvalue weighted by molar-refractivity contribution is 7.99. The summed E-state index contributed by atoms with van der Waals surface area (Å²) in [5.41, 5.74) is 1.25. The molecule has 2 amide bonds. The normalized spacial score (nSPS) is 11.9. The van der Waals surface area contributed by atoms with Crippen molar-refractivity contribution in [2.24, 2.45) is 7.05 Å². The summed E-state index contributed by atoms with van der Waals surface area (Å²) in [5, 5.41) is 17.5. The average molecular weight is 485 g/mol. The number of halogens is 2. The Kier molecular flexibility index (Phi) is 7.35. The third-order valence-electron chi connectivity index (χ3n) is 3.98. The van der Waals surface area contributed by atoms with Crippen LogP contribution >= 0.6 is 46.3 Å². The fourth-order valence-electron chi connectivity index (χ4n) is 2.51. The minimum Gasteiger partial charge on any atom is -0.342 e. The molecule has 0 unspecified atom stereocenters. The molecule has 0 radical (unpaired) electrons. The second-order valence-electron chi connectivity index (χ2n) is 6.35. The number of aryl methyl sites for hydroxylation is 1. The van der Waals surface area contributed by atoms with Crippen LogP contribution < -0.4 is 10.6 Å². The molecule has 0 saturated heterocycles. The van der Waals surface area contributed by atoms with Gasteiger partial charge in [0.15, 0.2) is 16.1 Å². The number of benzene rings is 1. The van der Waals surface area contributed by atoms with E-state index in [-0.39, 0.29) is 17.6 Å². The molecule has 0 fully saturated rings. The van der Waals surface area contributed by atoms with Gasteiger partial charge in [0.25, 0.3) is 5.91 Å². The van der Waals surface area contributed by atoms with E-state index in [0.29, 0.717) is 31.7 Å². The maximum atomic E-state index is 12.5. The minimum atomic E-state index is -0.411. The van der Waals surface area contributed by atoms with E-state index in [1.54, 1.807) is 30.7 Å². The number of nitrogens with zero attached hydrogens (tertiary/aromatic N) is 4. The number of nitrogens with one attached hydrogen (secondary N) is 2. The fourth-order valence-corrected chi connectivity index (χ4v) is 4.23. The van der Waals surface area contributed by atoms with Gasteiger partial charge in [-0.1, -0.05) is 35.0 Å². The van der Waals surface area contributed by atoms with Crippen LogP contribution in [0.3, 0.4) is 0 Å². The topological polar surface area (TPSA) is 102 Å². The summed E-state index contributed by atoms with van der Waals surface area (Å²) in [6.07, 6.45) is 0. The van der Waals surface area contributed by atoms with E-state index in [2.05, 4.69) is 25.8 Å². The Bertz CT molecular complexity index is 1080. The number of carbonyl (C=O) groups is 2. The van der Waals surface area contributed by atoms with E-state index in [4.69, 9.17) is 23.2 Å². The Labute approximate surface area is 191 Å². The van der Waals surface area contributed by atoms with Crippen molar-refractivity contribution in [2.75, 3.05) is 11.1 Å². The van der Waals surface area contributed by atoms with E-state index >= 15 is 0 Å². The molecule has 8 nitrogen and oxygen atoms in total. The molecule has 3 aromatic rings. The number of rotatable bonds is 7. The number of amides is 2. The van der Waals surface area contributed by atoms with Crippen molar-refractivity contribution in [1.82, 2.24) is 25.1 Å². The van der Waals surface area contributed by atoms with Crippen molar-refractivity contribution in [3.63, 3.8) is 0 Å². The number of anilines is 1. The first-order chi connectivity index (χ1) is 14.2. The van der Waals surface area contributed by atoms with Crippen LogP contribution in [0, 0.1) is 6.92 Å². The summed E-state index contributed by atoms with van der Waals surface area (Å²) in [4.78, 5) is 28.8. The summed E-state index contributed by atoms with van der Waals surface area (Å²) < 4.78 is 1.74. The van der Waals surface area contributed by atoms with Crippen molar-refractivity contribution < 1.29 is 9.59 Å². The zero-order valence-corrected chi connectivity index (χ0v) is 19.4. The number of carbonyl (C=O) groups excluding carboxylic acids is 2. The van der Waals surface area contributed by atoms with E-state index in [0.717, 1.165) is 5.69 Å². The molecule has 3 rings (SSSR count). The summed E-state index contributed by atoms with van der Waals surface area (Å²) in [7, 11) is 1.78. The van der Waals surface area contributed by atoms with Gasteiger partial charge in [-0.15, -0.1) is 21.5 Å². The molecule has 0 aliphatic rings. The first kappa shape index (κ1) is 22.5. The highest BCUT2D eigenvalue weighted by Crippen LogP contribution is 2.24. The molecular formula is C18H18Cl2N6O2S2. The maximum Gasteiger partial charge on any atom is 0.251 e. The van der Waals surface area contributed by atoms with E-state index in [9.17, 15) is 9.59 Å². The van der Waals surface area contributed by atoms with Gasteiger partial charge >= 0.3 is 0 Å². The zero-order chi connectivity index (χ0) is 21.8. The Morgan fingerprint density at radius 3 is 2.70 bits per heavy atom. The third-order valence-corrected chi connectivity index (χ3v) is 6.62. The SMILES string of the molecule is Cc1csc(NC(=O)CSc2nnc([C@H](C)NC(=O)c3ccc(Cl)c(Cl)c3)n2C)n1. The highest BCUT2D eigenvalue weighted by Gasteiger charge is 2.19. The van der Waals surface area contributed by atoms with Gasteiger partial charge < -0.3 is 15.2 Å². The minimum absolute atomic E-state index is 0.161. The number of thioether (sulfide) groups is 1. The van der Waals surface area contributed by atoms with Crippen LogP contribution in [0.15, 0.2) is 28.7 Å². The van der Waals surface area contributed by atoms with Crippen molar-refractivity contribution in [2.45, 2.75) is 25.0 Å². The maximum absolute atomic E-state index is 12.5. The lowest BCUT2D eigenvalue weighted by atomic mass is 10.2. The molecule has 2 N–H and O–H groups in total. The monoisotopic (exact) mass is 484 g/mol. The van der Waals surface area contributed by atoms with Crippen LogP contribution in [-0.4, -0.2) is 37.3 Å². The molecule has 1 aromatic carbocycles. The molecule has 0 bridgehead atoms. The molecule has 0 aliphatic carbocycles. The molecule has 2 aromatic heterocycles. The van der Waals surface area contributed by atoms with E-state index < -0.39 is 6.04 Å². The quantitative estimate of drug-likeness (QED) is 0.489. The molecule has 2 heterocycles. The van der Waals surface area contributed by atoms with Crippen LogP contribution in [0.25, 0.3) is 0 Å². The van der Waals surface area contributed by atoms with Gasteiger partial charge in [0, 0.05) is 18.0 Å². The molecule has 158 valence electrons. The number of aromatic nitrogens is 4. The lowest BCUT2D eigenvalue weighted by molar-refractivity contribution is -0.113. The van der Waals surface area contributed by atoms with Gasteiger partial charge in [-0.05, 0) is 32.0 Å². The first-order valence-corrected chi connectivity index (χ1v) is 11.4. The summed E-state index contributed by atoms with van der Waals surface area (Å²) >= 11 is 14.5. The van der Waals surface area contributed by atoms with E-state index in [1.807, 2.05) is 12.3 Å². The van der Waals surface area contributed by atoms with Crippen LogP contribution in [0.4, 0.5) is 5.13 Å². The molecule has 30 heavy (non-hydrogen) atoms. The zero-order valence-electron chi connectivity index (χ0n) is 16.3. The third kappa shape index (κ3) is 5.51. The van der Waals surface area contributed by atoms with Crippen molar-refractivity contribution in [3.8, 4) is 0 Å². The van der Waals surface area contributed by atoms with Crippen LogP contribution in [-0.2, 0) is 11.8 Å². The van der Waals surface area contributed by atoms with Crippen molar-refractivity contribution in [1.29, 1.82) is 0 Å². The van der Waals surface area contributed by atoms with Crippen LogP contribution in [0.5, 0.6) is 0 Å². The molecular weight excluding hydrogens is 467 g/mol. The Balaban J connectivity index is 1.58. The summed E-state index contributed by atoms with van der Waals surface area (Å²) in [6.45, 7) is 3.66. The van der Waals surface area contributed by atoms with Crippen LogP contribution in [0.2, 0.25) is 10.0 Å². The molecule has 1 atom stereocenters. The molecule has 0 saturated carbocycles. The summed E-state index contributed by atoms with van der Waals surface area (Å²) in [5.74, 6) is 0.229. The first-order valence-electron chi connectivity index (χ1n) is 8.74. The number of hydrogen-bond donors (Lipinski definition) is 2. The van der Waals surface area contributed by atoms with Gasteiger partial charge in [0.05, 0.1) is 27.5 Å². The second-order valence-corrected chi connectivity index (χ2v) is 8.97. The van der Waals surface area contributed by atoms with Crippen molar-refractivity contribution in [3.05, 3.63) is 50.7 Å². The lowest BCUT2D eigenvalue weighted by Crippen LogP contribution is -2.28. The highest BCUT2D eigenvalue weighted by atomic mass is 35.5. The Morgan fingerprint density at radius 2 is 2.03 bits per heavy atom. The average Bonchev–Trinajstić information content (AvgIpc) is 3.27. The summed E-state index contributed by atoms with van der Waals surface area (Å²) in [6, 6.07) is 4.26. The molecule has 12 heteroatoms. The number of hydrogen-bond acceptors (Lipinski definition) is 7. The van der Waals surface area contributed by atoms with Gasteiger partial charge in [-0.3, -0.25) is 9.59 Å². The van der Waals surface area contributed by atoms with Gasteiger partial charge in [-0.25, -0.2) is 4.98 Å². The molecule has 0 aliphatic heterocycles. The van der Waals surface area contributed by atoms with Crippen molar-refractivity contribution >= 4 is 63.2 Å². The standard InChI is InChI=1S/C18H18Cl2N6O2S2/c1-9-7-29-17(21-9)23-14(27)8-30-18-25-24-15(26(18)3)10(2)22-16(28)11-4-5-12(19)13(20)6-11/h4-7,10H,8H2,1-3H3,(H,22,28)(H,21,23,27)/t10-/m0/s1. The molecule has 0 spiro atoms. The van der Waals surface area contributed by atoms with Gasteiger partial charge in [-0.2, -0.15) is 0 Å². The second kappa shape index (κ2) is 9.78. The van der Waals surface area contributed by atoms with E-state index in [1.165, 1.54) is 29.2 Å². The van der Waals surface area contributed by atoms with Crippen LogP contribution in [0.1, 0.15) is 34.8 Å². The predicted molar refractivity (Wildman–Crippen MR) is 120 cm³/mol. The Morgan fingerprint density at radius 1 is 1.27 bits per heavy atom. The van der Waals surface area contributed by atoms with Gasteiger partial charge in [0.1, 0.15) is 0 Å². The lowest BCUT2D eigenvalue weighted by Gasteiger charge is -2.14. The largest absolute Gasteiger partial charge is 0.342 e. The number of thiazole rings is 1. The Hall–Kier alpha value is -2.14. The predicted octanol–water partition coefficient (Wildman–Crippen LogP) is 4.11. The smallest absolute Gasteiger partial charge is 0.251 e.